The summed E-state index contributed by atoms with van der Waals surface area (Å²) in [6.07, 6.45) is 0. The zero-order chi connectivity index (χ0) is 13.1. The number of carbonyl (C=O) groups is 1. The Balaban J connectivity index is 2.81. The molecular formula is C13H19BrN2O. The maximum Gasteiger partial charge on any atom is 0.237 e. The number of likely N-dealkylation sites (N-methyl/N-ethyl adjacent to an activating group) is 1. The van der Waals surface area contributed by atoms with E-state index in [1.807, 2.05) is 45.0 Å². The smallest absolute Gasteiger partial charge is 0.237 e. The molecule has 0 spiro atoms. The summed E-state index contributed by atoms with van der Waals surface area (Å²) in [6, 6.07) is 7.78. The van der Waals surface area contributed by atoms with E-state index in [1.165, 1.54) is 0 Å². The van der Waals surface area contributed by atoms with Crippen molar-refractivity contribution in [2.24, 2.45) is 0 Å². The number of halogens is 1. The molecular weight excluding hydrogens is 280 g/mol. The fourth-order valence-electron chi connectivity index (χ4n) is 1.49. The average Bonchev–Trinajstić information content (AvgIpc) is 2.27. The molecule has 0 bridgehead atoms. The number of nitrogens with one attached hydrogen (secondary N) is 2. The van der Waals surface area contributed by atoms with E-state index >= 15 is 0 Å². The van der Waals surface area contributed by atoms with E-state index in [2.05, 4.69) is 26.6 Å². The van der Waals surface area contributed by atoms with Gasteiger partial charge in [0.05, 0.1) is 11.6 Å². The van der Waals surface area contributed by atoms with E-state index in [1.54, 1.807) is 7.05 Å². The molecule has 2 N–H and O–H groups in total. The van der Waals surface area contributed by atoms with E-state index in [0.29, 0.717) is 0 Å². The van der Waals surface area contributed by atoms with Crippen LogP contribution in [0.4, 0.5) is 0 Å². The molecule has 3 nitrogen and oxygen atoms in total. The van der Waals surface area contributed by atoms with Gasteiger partial charge in [-0.3, -0.25) is 4.79 Å². The van der Waals surface area contributed by atoms with Gasteiger partial charge in [0.1, 0.15) is 0 Å². The molecule has 1 atom stereocenters. The van der Waals surface area contributed by atoms with Gasteiger partial charge in [-0.15, -0.1) is 0 Å². The van der Waals surface area contributed by atoms with Crippen LogP contribution in [0.15, 0.2) is 28.7 Å². The zero-order valence-electron chi connectivity index (χ0n) is 10.7. The van der Waals surface area contributed by atoms with Crippen LogP contribution >= 0.6 is 15.9 Å². The van der Waals surface area contributed by atoms with E-state index in [0.717, 1.165) is 10.0 Å². The lowest BCUT2D eigenvalue weighted by atomic mass is 9.94. The molecule has 0 fully saturated rings. The first-order chi connectivity index (χ1) is 7.86. The molecule has 0 saturated heterocycles. The normalized spacial score (nSPS) is 13.2. The van der Waals surface area contributed by atoms with Gasteiger partial charge in [-0.05, 0) is 45.5 Å². The summed E-state index contributed by atoms with van der Waals surface area (Å²) in [7, 11) is 1.77. The highest BCUT2D eigenvalue weighted by molar-refractivity contribution is 9.10. The SMILES string of the molecule is CNC(C)C(=O)NC(C)(C)c1ccc(Br)cc1. The minimum absolute atomic E-state index is 0.000388. The Bertz CT molecular complexity index is 387. The fraction of sp³-hybridized carbons (Fsp3) is 0.462. The lowest BCUT2D eigenvalue weighted by Crippen LogP contribution is -2.48. The summed E-state index contributed by atoms with van der Waals surface area (Å²) < 4.78 is 1.03. The molecule has 1 aromatic carbocycles. The third kappa shape index (κ3) is 3.82. The molecule has 0 aliphatic carbocycles. The van der Waals surface area contributed by atoms with Crippen molar-refractivity contribution in [3.8, 4) is 0 Å². The van der Waals surface area contributed by atoms with Gasteiger partial charge in [0.25, 0.3) is 0 Å². The Labute approximate surface area is 111 Å². The van der Waals surface area contributed by atoms with Crippen molar-refractivity contribution in [1.29, 1.82) is 0 Å². The van der Waals surface area contributed by atoms with Crippen LogP contribution in [0.25, 0.3) is 0 Å². The molecule has 1 amide bonds. The Morgan fingerprint density at radius 3 is 2.29 bits per heavy atom. The zero-order valence-corrected chi connectivity index (χ0v) is 12.3. The minimum Gasteiger partial charge on any atom is -0.346 e. The highest BCUT2D eigenvalue weighted by Crippen LogP contribution is 2.22. The standard InChI is InChI=1S/C13H19BrN2O/c1-9(15-4)12(17)16-13(2,3)10-5-7-11(14)8-6-10/h5-9,15H,1-4H3,(H,16,17). The highest BCUT2D eigenvalue weighted by Gasteiger charge is 2.24. The first kappa shape index (κ1) is 14.2. The Hall–Kier alpha value is -0.870. The van der Waals surface area contributed by atoms with Crippen molar-refractivity contribution in [3.05, 3.63) is 34.3 Å². The van der Waals surface area contributed by atoms with Gasteiger partial charge in [0, 0.05) is 4.47 Å². The summed E-state index contributed by atoms with van der Waals surface area (Å²) in [5, 5.41) is 5.95. The van der Waals surface area contributed by atoms with Gasteiger partial charge in [-0.25, -0.2) is 0 Å². The molecule has 1 rings (SSSR count). The van der Waals surface area contributed by atoms with Gasteiger partial charge in [0.15, 0.2) is 0 Å². The summed E-state index contributed by atoms with van der Waals surface area (Å²) in [6.45, 7) is 5.83. The van der Waals surface area contributed by atoms with Crippen molar-refractivity contribution in [2.75, 3.05) is 7.05 Å². The van der Waals surface area contributed by atoms with E-state index in [4.69, 9.17) is 0 Å². The van der Waals surface area contributed by atoms with Crippen molar-refractivity contribution in [1.82, 2.24) is 10.6 Å². The van der Waals surface area contributed by atoms with E-state index in [9.17, 15) is 4.79 Å². The maximum absolute atomic E-state index is 11.8. The minimum atomic E-state index is -0.372. The van der Waals surface area contributed by atoms with Gasteiger partial charge < -0.3 is 10.6 Å². The molecule has 0 aromatic heterocycles. The number of benzene rings is 1. The number of rotatable bonds is 4. The predicted octanol–water partition coefficient (Wildman–Crippen LogP) is 2.41. The van der Waals surface area contributed by atoms with Crippen LogP contribution in [0.5, 0.6) is 0 Å². The highest BCUT2D eigenvalue weighted by atomic mass is 79.9. The second-order valence-corrected chi connectivity index (χ2v) is 5.55. The number of amides is 1. The number of hydrogen-bond donors (Lipinski definition) is 2. The van der Waals surface area contributed by atoms with Gasteiger partial charge >= 0.3 is 0 Å². The molecule has 1 unspecified atom stereocenters. The van der Waals surface area contributed by atoms with Gasteiger partial charge in [0.2, 0.25) is 5.91 Å². The lowest BCUT2D eigenvalue weighted by molar-refractivity contribution is -0.124. The summed E-state index contributed by atoms with van der Waals surface area (Å²) in [4.78, 5) is 11.8. The Kier molecular flexibility index (Phi) is 4.71. The largest absolute Gasteiger partial charge is 0.346 e. The lowest BCUT2D eigenvalue weighted by Gasteiger charge is -2.28. The monoisotopic (exact) mass is 298 g/mol. The molecule has 0 saturated carbocycles. The topological polar surface area (TPSA) is 41.1 Å². The first-order valence-electron chi connectivity index (χ1n) is 5.62. The molecule has 0 aliphatic rings. The van der Waals surface area contributed by atoms with Gasteiger partial charge in [-0.2, -0.15) is 0 Å². The first-order valence-corrected chi connectivity index (χ1v) is 6.41. The molecule has 94 valence electrons. The second-order valence-electron chi connectivity index (χ2n) is 4.63. The van der Waals surface area contributed by atoms with Crippen LogP contribution in [0, 0.1) is 0 Å². The van der Waals surface area contributed by atoms with Crippen LogP contribution in [-0.4, -0.2) is 19.0 Å². The number of hydrogen-bond acceptors (Lipinski definition) is 2. The summed E-state index contributed by atoms with van der Waals surface area (Å²) >= 11 is 3.40. The molecule has 4 heteroatoms. The average molecular weight is 299 g/mol. The third-order valence-electron chi connectivity index (χ3n) is 2.83. The van der Waals surface area contributed by atoms with E-state index in [-0.39, 0.29) is 17.5 Å². The van der Waals surface area contributed by atoms with Crippen LogP contribution in [-0.2, 0) is 10.3 Å². The Morgan fingerprint density at radius 1 is 1.29 bits per heavy atom. The Morgan fingerprint density at radius 2 is 1.82 bits per heavy atom. The van der Waals surface area contributed by atoms with Crippen molar-refractivity contribution < 1.29 is 4.79 Å². The van der Waals surface area contributed by atoms with Crippen LogP contribution < -0.4 is 10.6 Å². The van der Waals surface area contributed by atoms with Crippen LogP contribution in [0.2, 0.25) is 0 Å². The molecule has 0 radical (unpaired) electrons. The van der Waals surface area contributed by atoms with Crippen molar-refractivity contribution in [2.45, 2.75) is 32.4 Å². The van der Waals surface area contributed by atoms with E-state index < -0.39 is 0 Å². The maximum atomic E-state index is 11.8. The molecule has 0 heterocycles. The third-order valence-corrected chi connectivity index (χ3v) is 3.36. The second kappa shape index (κ2) is 5.65. The van der Waals surface area contributed by atoms with Crippen molar-refractivity contribution in [3.63, 3.8) is 0 Å². The fourth-order valence-corrected chi connectivity index (χ4v) is 1.75. The van der Waals surface area contributed by atoms with Crippen molar-refractivity contribution >= 4 is 21.8 Å². The predicted molar refractivity (Wildman–Crippen MR) is 73.8 cm³/mol. The summed E-state index contributed by atoms with van der Waals surface area (Å²) in [5.74, 6) is 0.000388. The van der Waals surface area contributed by atoms with Crippen LogP contribution in [0.3, 0.4) is 0 Å². The quantitative estimate of drug-likeness (QED) is 0.896. The molecule has 17 heavy (non-hydrogen) atoms. The van der Waals surface area contributed by atoms with Crippen LogP contribution in [0.1, 0.15) is 26.3 Å². The van der Waals surface area contributed by atoms with Gasteiger partial charge in [-0.1, -0.05) is 28.1 Å². The summed E-state index contributed by atoms with van der Waals surface area (Å²) in [5.41, 5.74) is 0.709. The number of carbonyl (C=O) groups excluding carboxylic acids is 1. The molecule has 1 aromatic rings. The molecule has 0 aliphatic heterocycles.